The number of allylic oxidation sites excluding steroid dienone is 2. The third kappa shape index (κ3) is 3.16. The van der Waals surface area contributed by atoms with Gasteiger partial charge in [0.2, 0.25) is 11.6 Å². The summed E-state index contributed by atoms with van der Waals surface area (Å²) in [4.78, 5) is 32.2. The van der Waals surface area contributed by atoms with Gasteiger partial charge in [-0.15, -0.1) is 0 Å². The number of carbonyl (C=O) groups is 2. The first-order valence-corrected chi connectivity index (χ1v) is 7.80. The van der Waals surface area contributed by atoms with Crippen LogP contribution in [0, 0.1) is 0 Å². The van der Waals surface area contributed by atoms with Crippen molar-refractivity contribution in [2.75, 3.05) is 5.32 Å². The first kappa shape index (κ1) is 17.6. The Kier molecular flexibility index (Phi) is 4.38. The van der Waals surface area contributed by atoms with E-state index in [0.29, 0.717) is 0 Å². The molecule has 2 aromatic rings. The first-order chi connectivity index (χ1) is 11.7. The van der Waals surface area contributed by atoms with E-state index in [2.05, 4.69) is 31.2 Å². The molecule has 1 aliphatic carbocycles. The molecule has 0 saturated heterocycles. The van der Waals surface area contributed by atoms with E-state index in [-0.39, 0.29) is 27.1 Å². The fourth-order valence-corrected chi connectivity index (χ4v) is 2.90. The summed E-state index contributed by atoms with van der Waals surface area (Å²) in [5, 5.41) is 2.06. The Morgan fingerprint density at radius 2 is 1.88 bits per heavy atom. The third-order valence-corrected chi connectivity index (χ3v) is 4.45. The number of ketones is 2. The summed E-state index contributed by atoms with van der Waals surface area (Å²) < 4.78 is 38.7. The Morgan fingerprint density at radius 1 is 1.16 bits per heavy atom. The van der Waals surface area contributed by atoms with Gasteiger partial charge in [0, 0.05) is 11.9 Å². The highest BCUT2D eigenvalue weighted by atomic mass is 79.9. The van der Waals surface area contributed by atoms with Crippen molar-refractivity contribution in [3.8, 4) is 0 Å². The average Bonchev–Trinajstić information content (AvgIpc) is 2.57. The fraction of sp³-hybridized carbons (Fsp3) is 0.0667. The standard InChI is InChI=1S/C15H6BrClF3N3O2/c16-10-12(13(24)7-4-21-5-22-11(7)14(10)25)23-6-1-2-9(17)8(3-6)15(18,19)20/h1-5,23H. The molecule has 1 N–H and O–H groups in total. The van der Waals surface area contributed by atoms with Crippen LogP contribution in [0.3, 0.4) is 0 Å². The highest BCUT2D eigenvalue weighted by Crippen LogP contribution is 2.37. The van der Waals surface area contributed by atoms with E-state index in [9.17, 15) is 22.8 Å². The second-order valence-electron chi connectivity index (χ2n) is 4.95. The number of anilines is 1. The topological polar surface area (TPSA) is 72.0 Å². The molecule has 128 valence electrons. The zero-order chi connectivity index (χ0) is 18.4. The number of aromatic nitrogens is 2. The molecule has 10 heteroatoms. The van der Waals surface area contributed by atoms with Crippen molar-refractivity contribution in [2.45, 2.75) is 6.18 Å². The molecule has 0 atom stereocenters. The zero-order valence-electron chi connectivity index (χ0n) is 12.0. The number of Topliss-reactive ketones (excluding diaryl/α,β-unsaturated/α-hetero) is 2. The third-order valence-electron chi connectivity index (χ3n) is 3.36. The van der Waals surface area contributed by atoms with E-state index in [4.69, 9.17) is 11.6 Å². The Hall–Kier alpha value is -2.26. The van der Waals surface area contributed by atoms with Crippen molar-refractivity contribution in [1.82, 2.24) is 9.97 Å². The molecule has 1 aromatic heterocycles. The lowest BCUT2D eigenvalue weighted by molar-refractivity contribution is -0.137. The van der Waals surface area contributed by atoms with E-state index in [1.54, 1.807) is 0 Å². The number of carbonyl (C=O) groups excluding carboxylic acids is 2. The van der Waals surface area contributed by atoms with E-state index in [0.717, 1.165) is 18.5 Å². The minimum Gasteiger partial charge on any atom is -0.351 e. The second-order valence-corrected chi connectivity index (χ2v) is 6.15. The summed E-state index contributed by atoms with van der Waals surface area (Å²) in [6, 6.07) is 3.07. The molecule has 1 heterocycles. The van der Waals surface area contributed by atoms with Crippen LogP contribution in [0.1, 0.15) is 26.4 Å². The number of fused-ring (bicyclic) bond motifs is 1. The summed E-state index contributed by atoms with van der Waals surface area (Å²) >= 11 is 8.56. The molecule has 0 spiro atoms. The quantitative estimate of drug-likeness (QED) is 0.768. The van der Waals surface area contributed by atoms with Crippen molar-refractivity contribution >= 4 is 44.8 Å². The lowest BCUT2D eigenvalue weighted by atomic mass is 9.98. The van der Waals surface area contributed by atoms with Crippen molar-refractivity contribution < 1.29 is 22.8 Å². The molecule has 0 aliphatic heterocycles. The molecule has 3 rings (SSSR count). The zero-order valence-corrected chi connectivity index (χ0v) is 14.3. The van der Waals surface area contributed by atoms with E-state index in [1.807, 2.05) is 0 Å². The van der Waals surface area contributed by atoms with Crippen LogP contribution in [0.15, 0.2) is 40.9 Å². The lowest BCUT2D eigenvalue weighted by Gasteiger charge is -2.19. The Morgan fingerprint density at radius 3 is 2.56 bits per heavy atom. The summed E-state index contributed by atoms with van der Waals surface area (Å²) in [7, 11) is 0. The number of hydrogen-bond donors (Lipinski definition) is 1. The van der Waals surface area contributed by atoms with E-state index >= 15 is 0 Å². The van der Waals surface area contributed by atoms with Gasteiger partial charge in [-0.2, -0.15) is 13.2 Å². The van der Waals surface area contributed by atoms with Gasteiger partial charge in [0.1, 0.15) is 17.7 Å². The molecule has 0 saturated carbocycles. The van der Waals surface area contributed by atoms with E-state index < -0.39 is 28.3 Å². The Bertz CT molecular complexity index is 944. The number of nitrogens with zero attached hydrogens (tertiary/aromatic N) is 2. The van der Waals surface area contributed by atoms with Gasteiger partial charge in [-0.25, -0.2) is 9.97 Å². The molecular weight excluding hydrogens is 427 g/mol. The van der Waals surface area contributed by atoms with Crippen LogP contribution in [-0.4, -0.2) is 21.5 Å². The van der Waals surface area contributed by atoms with Gasteiger partial charge in [-0.3, -0.25) is 9.59 Å². The van der Waals surface area contributed by atoms with Crippen LogP contribution in [0.2, 0.25) is 5.02 Å². The van der Waals surface area contributed by atoms with Gasteiger partial charge in [0.05, 0.1) is 20.6 Å². The van der Waals surface area contributed by atoms with Crippen LogP contribution in [-0.2, 0) is 6.18 Å². The molecule has 1 aliphatic rings. The largest absolute Gasteiger partial charge is 0.417 e. The van der Waals surface area contributed by atoms with Gasteiger partial charge in [-0.1, -0.05) is 11.6 Å². The number of benzene rings is 1. The van der Waals surface area contributed by atoms with Crippen LogP contribution in [0.4, 0.5) is 18.9 Å². The first-order valence-electron chi connectivity index (χ1n) is 6.63. The molecule has 0 amide bonds. The number of nitrogens with one attached hydrogen (secondary N) is 1. The minimum absolute atomic E-state index is 0.0387. The highest BCUT2D eigenvalue weighted by Gasteiger charge is 2.35. The SMILES string of the molecule is O=C1C(Nc2ccc(Cl)c(C(F)(F)F)c2)=C(Br)C(=O)c2ncncc21. The number of hydrogen-bond acceptors (Lipinski definition) is 5. The number of rotatable bonds is 2. The Labute approximate surface area is 152 Å². The van der Waals surface area contributed by atoms with Gasteiger partial charge < -0.3 is 5.32 Å². The van der Waals surface area contributed by atoms with Gasteiger partial charge in [0.15, 0.2) is 0 Å². The molecule has 5 nitrogen and oxygen atoms in total. The summed E-state index contributed by atoms with van der Waals surface area (Å²) in [5.41, 5.74) is -1.44. The fourth-order valence-electron chi connectivity index (χ4n) is 2.20. The predicted octanol–water partition coefficient (Wildman–Crippen LogP) is 4.25. The number of halogens is 5. The van der Waals surface area contributed by atoms with Gasteiger partial charge in [-0.05, 0) is 34.1 Å². The monoisotopic (exact) mass is 431 g/mol. The Balaban J connectivity index is 2.03. The predicted molar refractivity (Wildman–Crippen MR) is 86.7 cm³/mol. The maximum Gasteiger partial charge on any atom is 0.417 e. The van der Waals surface area contributed by atoms with Crippen molar-refractivity contribution in [3.63, 3.8) is 0 Å². The van der Waals surface area contributed by atoms with Crippen LogP contribution >= 0.6 is 27.5 Å². The molecule has 0 unspecified atom stereocenters. The van der Waals surface area contributed by atoms with Crippen LogP contribution < -0.4 is 5.32 Å². The highest BCUT2D eigenvalue weighted by molar-refractivity contribution is 9.12. The normalized spacial score (nSPS) is 14.6. The molecule has 0 radical (unpaired) electrons. The van der Waals surface area contributed by atoms with Crippen molar-refractivity contribution in [2.24, 2.45) is 0 Å². The maximum absolute atomic E-state index is 12.9. The maximum atomic E-state index is 12.9. The van der Waals surface area contributed by atoms with Crippen molar-refractivity contribution in [1.29, 1.82) is 0 Å². The summed E-state index contributed by atoms with van der Waals surface area (Å²) in [5.74, 6) is -1.20. The molecule has 1 aromatic carbocycles. The van der Waals surface area contributed by atoms with E-state index in [1.165, 1.54) is 12.3 Å². The minimum atomic E-state index is -4.66. The second kappa shape index (κ2) is 6.23. The molecular formula is C15H6BrClF3N3O2. The van der Waals surface area contributed by atoms with Crippen LogP contribution in [0.25, 0.3) is 0 Å². The summed E-state index contributed by atoms with van der Waals surface area (Å²) in [6.45, 7) is 0. The molecule has 0 fully saturated rings. The molecule has 0 bridgehead atoms. The molecule has 25 heavy (non-hydrogen) atoms. The average molecular weight is 433 g/mol. The summed E-state index contributed by atoms with van der Waals surface area (Å²) in [6.07, 6.45) is -2.36. The van der Waals surface area contributed by atoms with Gasteiger partial charge in [0.25, 0.3) is 0 Å². The smallest absolute Gasteiger partial charge is 0.351 e. The number of alkyl halides is 3. The van der Waals surface area contributed by atoms with Crippen LogP contribution in [0.5, 0.6) is 0 Å². The van der Waals surface area contributed by atoms with Gasteiger partial charge >= 0.3 is 6.18 Å². The van der Waals surface area contributed by atoms with Crippen molar-refractivity contribution in [3.05, 3.63) is 62.7 Å². The lowest BCUT2D eigenvalue weighted by Crippen LogP contribution is -2.25.